The van der Waals surface area contributed by atoms with E-state index in [1.165, 1.54) is 15.6 Å². The Balaban J connectivity index is 2.73. The van der Waals surface area contributed by atoms with E-state index in [1.807, 2.05) is 6.92 Å². The van der Waals surface area contributed by atoms with E-state index in [1.54, 1.807) is 0 Å². The molecule has 1 unspecified atom stereocenters. The second-order valence-corrected chi connectivity index (χ2v) is 5.16. The first kappa shape index (κ1) is 14.5. The molecule has 1 aromatic rings. The molecular formula is C15H20IN. The second-order valence-electron chi connectivity index (χ2n) is 3.99. The quantitative estimate of drug-likeness (QED) is 0.606. The van der Waals surface area contributed by atoms with Crippen molar-refractivity contribution in [3.05, 3.63) is 33.4 Å². The van der Waals surface area contributed by atoms with Crippen LogP contribution < -0.4 is 5.32 Å². The zero-order chi connectivity index (χ0) is 12.5. The van der Waals surface area contributed by atoms with Crippen LogP contribution in [-0.4, -0.2) is 6.54 Å². The number of hydrogen-bond acceptors (Lipinski definition) is 1. The maximum Gasteiger partial charge on any atom is 0.0339 e. The van der Waals surface area contributed by atoms with E-state index in [4.69, 9.17) is 0 Å². The van der Waals surface area contributed by atoms with Crippen molar-refractivity contribution in [2.24, 2.45) is 0 Å². The predicted octanol–water partition coefficient (Wildman–Crippen LogP) is 4.14. The number of benzene rings is 1. The number of rotatable bonds is 6. The Bertz CT molecular complexity index is 389. The van der Waals surface area contributed by atoms with Gasteiger partial charge in [0.15, 0.2) is 0 Å². The van der Waals surface area contributed by atoms with E-state index in [9.17, 15) is 0 Å². The fourth-order valence-electron chi connectivity index (χ4n) is 1.79. The monoisotopic (exact) mass is 341 g/mol. The molecule has 1 nitrogen and oxygen atoms in total. The van der Waals surface area contributed by atoms with Gasteiger partial charge in [-0.2, -0.15) is 0 Å². The topological polar surface area (TPSA) is 12.0 Å². The molecule has 0 amide bonds. The molecule has 0 saturated carbocycles. The lowest BCUT2D eigenvalue weighted by atomic mass is 10.0. The molecule has 2 heteroatoms. The van der Waals surface area contributed by atoms with Gasteiger partial charge in [-0.1, -0.05) is 25.1 Å². The van der Waals surface area contributed by atoms with E-state index in [-0.39, 0.29) is 0 Å². The van der Waals surface area contributed by atoms with Crippen LogP contribution in [0.25, 0.3) is 0 Å². The van der Waals surface area contributed by atoms with Crippen molar-refractivity contribution in [2.45, 2.75) is 39.2 Å². The number of halogens is 1. The molecule has 0 aliphatic carbocycles. The lowest BCUT2D eigenvalue weighted by Gasteiger charge is -2.19. The summed E-state index contributed by atoms with van der Waals surface area (Å²) in [4.78, 5) is 0. The van der Waals surface area contributed by atoms with Crippen LogP contribution in [0, 0.1) is 15.4 Å². The Kier molecular flexibility index (Phi) is 7.30. The van der Waals surface area contributed by atoms with Crippen LogP contribution >= 0.6 is 22.6 Å². The first-order valence-corrected chi connectivity index (χ1v) is 7.24. The van der Waals surface area contributed by atoms with Gasteiger partial charge in [-0.05, 0) is 60.5 Å². The summed E-state index contributed by atoms with van der Waals surface area (Å²) in [7, 11) is 0. The third-order valence-corrected chi connectivity index (χ3v) is 3.64. The van der Waals surface area contributed by atoms with Crippen LogP contribution in [0.2, 0.25) is 0 Å². The standard InChI is InChI=1S/C15H20IN/c1-3-5-6-11-15(17-12-4-2)13-9-7-8-10-14(13)16/h7-10,15,17H,4,6,11-12H2,1-2H3. The van der Waals surface area contributed by atoms with Crippen molar-refractivity contribution in [3.63, 3.8) is 0 Å². The van der Waals surface area contributed by atoms with Gasteiger partial charge in [-0.3, -0.25) is 0 Å². The Morgan fingerprint density at radius 3 is 2.76 bits per heavy atom. The summed E-state index contributed by atoms with van der Waals surface area (Å²) >= 11 is 2.41. The maximum atomic E-state index is 3.61. The fraction of sp³-hybridized carbons (Fsp3) is 0.467. The molecule has 1 N–H and O–H groups in total. The molecule has 0 fully saturated rings. The van der Waals surface area contributed by atoms with Crippen LogP contribution in [-0.2, 0) is 0 Å². The van der Waals surface area contributed by atoms with E-state index in [0.29, 0.717) is 6.04 Å². The summed E-state index contributed by atoms with van der Waals surface area (Å²) in [5.41, 5.74) is 1.40. The summed E-state index contributed by atoms with van der Waals surface area (Å²) in [6, 6.07) is 9.03. The molecule has 0 saturated heterocycles. The molecule has 0 aliphatic rings. The normalized spacial score (nSPS) is 11.7. The van der Waals surface area contributed by atoms with Gasteiger partial charge < -0.3 is 5.32 Å². The molecular weight excluding hydrogens is 321 g/mol. The lowest BCUT2D eigenvalue weighted by molar-refractivity contribution is 0.504. The molecule has 0 heterocycles. The minimum absolute atomic E-state index is 0.434. The van der Waals surface area contributed by atoms with Crippen LogP contribution in [0.1, 0.15) is 44.7 Å². The molecule has 1 rings (SSSR count). The zero-order valence-electron chi connectivity index (χ0n) is 10.6. The third-order valence-electron chi connectivity index (χ3n) is 2.66. The SMILES string of the molecule is CC#CCCC(NCCC)c1ccccc1I. The maximum absolute atomic E-state index is 3.61. The highest BCUT2D eigenvalue weighted by atomic mass is 127. The van der Waals surface area contributed by atoms with Crippen LogP contribution in [0.3, 0.4) is 0 Å². The molecule has 0 spiro atoms. The van der Waals surface area contributed by atoms with Gasteiger partial charge in [0.25, 0.3) is 0 Å². The van der Waals surface area contributed by atoms with Crippen LogP contribution in [0.5, 0.6) is 0 Å². The molecule has 0 aliphatic heterocycles. The van der Waals surface area contributed by atoms with Crippen molar-refractivity contribution in [1.29, 1.82) is 0 Å². The minimum atomic E-state index is 0.434. The Morgan fingerprint density at radius 1 is 1.35 bits per heavy atom. The first-order valence-electron chi connectivity index (χ1n) is 6.17. The van der Waals surface area contributed by atoms with Crippen molar-refractivity contribution in [3.8, 4) is 11.8 Å². The summed E-state index contributed by atoms with van der Waals surface area (Å²) < 4.78 is 1.34. The van der Waals surface area contributed by atoms with Gasteiger partial charge in [0.2, 0.25) is 0 Å². The average molecular weight is 341 g/mol. The van der Waals surface area contributed by atoms with E-state index in [0.717, 1.165) is 19.4 Å². The average Bonchev–Trinajstić information content (AvgIpc) is 2.35. The van der Waals surface area contributed by atoms with Crippen molar-refractivity contribution < 1.29 is 0 Å². The van der Waals surface area contributed by atoms with Crippen molar-refractivity contribution >= 4 is 22.6 Å². The molecule has 17 heavy (non-hydrogen) atoms. The van der Waals surface area contributed by atoms with Gasteiger partial charge in [-0.15, -0.1) is 11.8 Å². The zero-order valence-corrected chi connectivity index (χ0v) is 12.8. The highest BCUT2D eigenvalue weighted by Gasteiger charge is 2.12. The summed E-state index contributed by atoms with van der Waals surface area (Å²) in [5, 5.41) is 3.61. The second kappa shape index (κ2) is 8.54. The summed E-state index contributed by atoms with van der Waals surface area (Å²) in [6.45, 7) is 5.17. The minimum Gasteiger partial charge on any atom is -0.310 e. The van der Waals surface area contributed by atoms with Gasteiger partial charge >= 0.3 is 0 Å². The van der Waals surface area contributed by atoms with Crippen LogP contribution in [0.15, 0.2) is 24.3 Å². The number of hydrogen-bond donors (Lipinski definition) is 1. The van der Waals surface area contributed by atoms with E-state index in [2.05, 4.69) is 70.9 Å². The number of nitrogens with one attached hydrogen (secondary N) is 1. The van der Waals surface area contributed by atoms with Crippen molar-refractivity contribution in [1.82, 2.24) is 5.32 Å². The summed E-state index contributed by atoms with van der Waals surface area (Å²) in [5.74, 6) is 6.12. The molecule has 0 aromatic heterocycles. The van der Waals surface area contributed by atoms with E-state index >= 15 is 0 Å². The van der Waals surface area contributed by atoms with Gasteiger partial charge in [0, 0.05) is 16.0 Å². The lowest BCUT2D eigenvalue weighted by Crippen LogP contribution is -2.22. The fourth-order valence-corrected chi connectivity index (χ4v) is 2.55. The first-order chi connectivity index (χ1) is 8.29. The van der Waals surface area contributed by atoms with Gasteiger partial charge in [-0.25, -0.2) is 0 Å². The molecule has 0 radical (unpaired) electrons. The van der Waals surface area contributed by atoms with Gasteiger partial charge in [0.05, 0.1) is 0 Å². The van der Waals surface area contributed by atoms with E-state index < -0.39 is 0 Å². The largest absolute Gasteiger partial charge is 0.310 e. The molecule has 1 atom stereocenters. The van der Waals surface area contributed by atoms with Crippen molar-refractivity contribution in [2.75, 3.05) is 6.54 Å². The summed E-state index contributed by atoms with van der Waals surface area (Å²) in [6.07, 6.45) is 3.21. The molecule has 1 aromatic carbocycles. The highest BCUT2D eigenvalue weighted by molar-refractivity contribution is 14.1. The third kappa shape index (κ3) is 5.10. The Morgan fingerprint density at radius 2 is 2.12 bits per heavy atom. The molecule has 0 bridgehead atoms. The highest BCUT2D eigenvalue weighted by Crippen LogP contribution is 2.23. The van der Waals surface area contributed by atoms with Gasteiger partial charge in [0.1, 0.15) is 0 Å². The van der Waals surface area contributed by atoms with Crippen LogP contribution in [0.4, 0.5) is 0 Å². The smallest absolute Gasteiger partial charge is 0.0339 e. The molecule has 92 valence electrons. The Hall–Kier alpha value is -0.530. The predicted molar refractivity (Wildman–Crippen MR) is 82.9 cm³/mol. The Labute approximate surface area is 119 Å².